The van der Waals surface area contributed by atoms with Crippen molar-refractivity contribution in [2.45, 2.75) is 172 Å². The third-order valence-electron chi connectivity index (χ3n) is 13.9. The largest absolute Gasteiger partial charge is 0.456 e. The Morgan fingerprint density at radius 1 is 0.314 bits per heavy atom. The maximum absolute atomic E-state index is 13.9. The van der Waals surface area contributed by atoms with Crippen molar-refractivity contribution in [1.29, 1.82) is 0 Å². The first kappa shape index (κ1) is 53.8. The Morgan fingerprint density at radius 3 is 0.943 bits per heavy atom. The Hall–Kier alpha value is -2.43. The molecule has 0 saturated carbocycles. The SMILES string of the molecule is O=C1COC(=O)[C@H]2O[C@H]3O[C@H]4[C@H](O)[C@@H](O)[C@@H](O[C@@H]4CO)[C@H]4[C@H](O)[C@@H](O)[C@H](O[C@H]5[C@H](O)[C@@H](O)[C@H](O[C@H]6[C@H](O)[C@@H](O)[C@@H](O[C@@H]6CO)[C@H]6[C@H](O)[C@@H](O)[C@H](O[C@H]2[C@H](O)[C@H]3O)O[C@@H]6CO)O[C@@H]5C(=O)OC1)O[C@@H]4CO. The minimum Gasteiger partial charge on any atom is -0.456 e. The van der Waals surface area contributed by atoms with Gasteiger partial charge in [-0.25, -0.2) is 9.59 Å². The highest BCUT2D eigenvalue weighted by Crippen LogP contribution is 2.42. The van der Waals surface area contributed by atoms with Gasteiger partial charge in [0.1, 0.15) is 97.7 Å². The lowest BCUT2D eigenvalue weighted by atomic mass is 9.78. The van der Waals surface area contributed by atoms with Crippen molar-refractivity contribution in [1.82, 2.24) is 0 Å². The number of aliphatic hydroxyl groups excluding tert-OH is 16. The van der Waals surface area contributed by atoms with E-state index in [0.29, 0.717) is 0 Å². The van der Waals surface area contributed by atoms with Crippen LogP contribution in [0.25, 0.3) is 0 Å². The molecule has 0 aliphatic carbocycles. The lowest BCUT2D eigenvalue weighted by Gasteiger charge is -2.53. The average molecular weight is 1020 g/mol. The maximum Gasteiger partial charge on any atom is 0.338 e. The van der Waals surface area contributed by atoms with Crippen LogP contribution in [0.3, 0.4) is 0 Å². The van der Waals surface area contributed by atoms with Gasteiger partial charge in [0.05, 0.1) is 63.1 Å². The molecule has 31 heteroatoms. The summed E-state index contributed by atoms with van der Waals surface area (Å²) >= 11 is 0. The van der Waals surface area contributed by atoms with Gasteiger partial charge in [-0.15, -0.1) is 0 Å². The topological polar surface area (TPSA) is 486 Å². The predicted molar refractivity (Wildman–Crippen MR) is 206 cm³/mol. The molecule has 0 aromatic carbocycles. The lowest BCUT2D eigenvalue weighted by Crippen LogP contribution is -2.71. The van der Waals surface area contributed by atoms with Crippen molar-refractivity contribution >= 4 is 17.7 Å². The maximum atomic E-state index is 13.9. The molecule has 0 unspecified atom stereocenters. The van der Waals surface area contributed by atoms with Gasteiger partial charge in [0, 0.05) is 11.8 Å². The quantitative estimate of drug-likeness (QED) is 0.116. The fourth-order valence-electron chi connectivity index (χ4n) is 10.2. The van der Waals surface area contributed by atoms with E-state index in [1.807, 2.05) is 0 Å². The van der Waals surface area contributed by atoms with E-state index in [2.05, 4.69) is 0 Å². The third kappa shape index (κ3) is 9.74. The van der Waals surface area contributed by atoms with Crippen LogP contribution in [0.4, 0.5) is 0 Å². The first-order chi connectivity index (χ1) is 33.3. The highest BCUT2D eigenvalue weighted by Gasteiger charge is 2.62. The summed E-state index contributed by atoms with van der Waals surface area (Å²) in [5, 5.41) is 180. The van der Waals surface area contributed by atoms with Crippen molar-refractivity contribution in [3.8, 4) is 0 Å². The lowest BCUT2D eigenvalue weighted by molar-refractivity contribution is -0.386. The predicted octanol–water partition coefficient (Wildman–Crippen LogP) is -12.8. The van der Waals surface area contributed by atoms with Crippen LogP contribution in [0.1, 0.15) is 0 Å². The summed E-state index contributed by atoms with van der Waals surface area (Å²) in [6.07, 6.45) is -60.5. The van der Waals surface area contributed by atoms with Gasteiger partial charge in [0.2, 0.25) is 5.78 Å². The molecule has 12 bridgehead atoms. The molecule has 12 aliphatic rings. The second-order valence-corrected chi connectivity index (χ2v) is 18.1. The van der Waals surface area contributed by atoms with Crippen molar-refractivity contribution in [3.63, 3.8) is 0 Å². The third-order valence-corrected chi connectivity index (χ3v) is 13.9. The number of aliphatic hydroxyl groups is 16. The first-order valence-electron chi connectivity index (χ1n) is 22.3. The van der Waals surface area contributed by atoms with Gasteiger partial charge in [-0.05, 0) is 0 Å². The van der Waals surface area contributed by atoms with Crippen LogP contribution in [0.15, 0.2) is 0 Å². The van der Waals surface area contributed by atoms with E-state index in [1.165, 1.54) is 0 Å². The molecule has 30 atom stereocenters. The highest BCUT2D eigenvalue weighted by atomic mass is 16.8. The molecule has 0 radical (unpaired) electrons. The molecular formula is C39H58O31. The minimum absolute atomic E-state index is 1.08. The molecule has 0 aromatic heterocycles. The van der Waals surface area contributed by atoms with Gasteiger partial charge >= 0.3 is 11.9 Å². The molecule has 12 rings (SSSR count). The zero-order valence-electron chi connectivity index (χ0n) is 36.3. The molecule has 12 fully saturated rings. The zero-order chi connectivity index (χ0) is 50.8. The van der Waals surface area contributed by atoms with E-state index in [0.717, 1.165) is 0 Å². The van der Waals surface area contributed by atoms with Crippen molar-refractivity contribution in [2.75, 3.05) is 39.6 Å². The van der Waals surface area contributed by atoms with E-state index in [9.17, 15) is 96.1 Å². The number of fused-ring (bicyclic) bond motifs is 4. The summed E-state index contributed by atoms with van der Waals surface area (Å²) in [7, 11) is 0. The summed E-state index contributed by atoms with van der Waals surface area (Å²) in [6.45, 7) is -6.88. The molecule has 0 amide bonds. The fraction of sp³-hybridized carbons (Fsp3) is 0.923. The molecule has 16 N–H and O–H groups in total. The van der Waals surface area contributed by atoms with E-state index < -0.39 is 241 Å². The average Bonchev–Trinajstić information content (AvgIpc) is 3.34. The molecule has 70 heavy (non-hydrogen) atoms. The van der Waals surface area contributed by atoms with Gasteiger partial charge < -0.3 is 139 Å². The molecule has 31 nitrogen and oxygen atoms in total. The molecule has 0 aromatic rings. The van der Waals surface area contributed by atoms with Crippen LogP contribution in [-0.2, 0) is 71.2 Å². The fourth-order valence-corrected chi connectivity index (χ4v) is 10.2. The van der Waals surface area contributed by atoms with Crippen molar-refractivity contribution < 1.29 is 153 Å². The number of hydrogen-bond donors (Lipinski definition) is 16. The van der Waals surface area contributed by atoms with Crippen LogP contribution < -0.4 is 0 Å². The van der Waals surface area contributed by atoms with Gasteiger partial charge in [0.25, 0.3) is 0 Å². The number of ketones is 1. The Bertz CT molecular complexity index is 1680. The molecular weight excluding hydrogens is 964 g/mol. The molecule has 12 saturated heterocycles. The zero-order valence-corrected chi connectivity index (χ0v) is 36.3. The van der Waals surface area contributed by atoms with Crippen molar-refractivity contribution in [2.24, 2.45) is 11.8 Å². The Morgan fingerprint density at radius 2 is 0.600 bits per heavy atom. The molecule has 12 heterocycles. The smallest absolute Gasteiger partial charge is 0.338 e. The van der Waals surface area contributed by atoms with Gasteiger partial charge in [-0.3, -0.25) is 4.79 Å². The van der Waals surface area contributed by atoms with Gasteiger partial charge in [-0.1, -0.05) is 0 Å². The Balaban J connectivity index is 1.24. The summed E-state index contributed by atoms with van der Waals surface area (Å²) in [6, 6.07) is 0. The normalized spacial score (nSPS) is 53.9. The summed E-state index contributed by atoms with van der Waals surface area (Å²) < 4.78 is 67.7. The standard InChI is InChI=1S/C39H58O31/c40-1-8-12-14(45)22(53)36(63-8)67-30-20(51)24(55)38-66-27-11(4-43)62-29(19(50)17(27)48)13-9(2-41)64-37(23(54)15(13)46)68-31-21(52)25(56)39(65-26-10(3-42)61-28(12)18(49)16(26)47)70-33(31)35(58)60-6-7(44)5-59-34(57)32(30)69-38/h8-33,36-43,45-56H,1-6H2/t8-,9-,10-,11-,12-,13-,14+,15+,16-,17-,18-,19-,20-,21-,22-,23-,24-,25-,26-,27-,28+,29+,30+,31+,32+,33+,36+,37+,38-,39-/m1/s1. The van der Waals surface area contributed by atoms with Crippen LogP contribution in [0.5, 0.6) is 0 Å². The Labute approximate surface area is 393 Å². The minimum atomic E-state index is -2.41. The van der Waals surface area contributed by atoms with E-state index in [4.69, 9.17) is 56.8 Å². The van der Waals surface area contributed by atoms with Gasteiger partial charge in [-0.2, -0.15) is 0 Å². The summed E-state index contributed by atoms with van der Waals surface area (Å²) in [5.74, 6) is -7.96. The van der Waals surface area contributed by atoms with E-state index in [-0.39, 0.29) is 0 Å². The number of carbonyl (C=O) groups excluding carboxylic acids is 3. The summed E-state index contributed by atoms with van der Waals surface area (Å²) in [5.41, 5.74) is 0. The molecule has 0 spiro atoms. The number of rotatable bonds is 4. The van der Waals surface area contributed by atoms with Crippen molar-refractivity contribution in [3.05, 3.63) is 0 Å². The number of esters is 2. The van der Waals surface area contributed by atoms with Crippen LogP contribution in [-0.4, -0.2) is 311 Å². The monoisotopic (exact) mass is 1020 g/mol. The second-order valence-electron chi connectivity index (χ2n) is 18.1. The number of ether oxygens (including phenoxy) is 12. The van der Waals surface area contributed by atoms with Crippen LogP contribution in [0, 0.1) is 11.8 Å². The molecule has 400 valence electrons. The van der Waals surface area contributed by atoms with Crippen LogP contribution in [0.2, 0.25) is 0 Å². The first-order valence-corrected chi connectivity index (χ1v) is 22.3. The van der Waals surface area contributed by atoms with Crippen LogP contribution >= 0.6 is 0 Å². The number of hydrogen-bond acceptors (Lipinski definition) is 31. The second kappa shape index (κ2) is 21.8. The molecule has 12 aliphatic heterocycles. The van der Waals surface area contributed by atoms with Gasteiger partial charge in [0.15, 0.2) is 50.6 Å². The summed E-state index contributed by atoms with van der Waals surface area (Å²) in [4.78, 5) is 40.9. The Kier molecular flexibility index (Phi) is 16.8. The van der Waals surface area contributed by atoms with E-state index in [1.54, 1.807) is 0 Å². The van der Waals surface area contributed by atoms with E-state index >= 15 is 0 Å². The number of carbonyl (C=O) groups is 3. The highest BCUT2D eigenvalue weighted by molar-refractivity contribution is 5.87. The number of Topliss-reactive ketones (excluding diaryl/α,β-unsaturated/α-hetero) is 1.